The van der Waals surface area contributed by atoms with Crippen molar-refractivity contribution in [1.82, 2.24) is 0 Å². The molecule has 2 aromatic rings. The first-order valence-electron chi connectivity index (χ1n) is 7.32. The first kappa shape index (κ1) is 16.6. The zero-order chi connectivity index (χ0) is 17.0. The molecule has 0 saturated heterocycles. The molecule has 0 aliphatic rings. The van der Waals surface area contributed by atoms with Gasteiger partial charge in [0.05, 0.1) is 11.4 Å². The molecule has 0 fully saturated rings. The monoisotopic (exact) mass is 306 g/mol. The van der Waals surface area contributed by atoms with E-state index in [0.29, 0.717) is 11.4 Å². The SMILES string of the molecule is Cc1cc(N=C=O)c(C)cc1Cc1cc(C)c(N=C=O)cc1C. The Balaban J connectivity index is 2.43. The minimum absolute atomic E-state index is 0.657. The molecule has 0 amide bonds. The fourth-order valence-corrected chi connectivity index (χ4v) is 2.65. The van der Waals surface area contributed by atoms with Crippen LogP contribution in [0, 0.1) is 27.7 Å². The molecule has 0 aromatic heterocycles. The summed E-state index contributed by atoms with van der Waals surface area (Å²) in [5.74, 6) is 0. The van der Waals surface area contributed by atoms with Gasteiger partial charge in [0.25, 0.3) is 0 Å². The van der Waals surface area contributed by atoms with Gasteiger partial charge in [-0.3, -0.25) is 0 Å². The fourth-order valence-electron chi connectivity index (χ4n) is 2.65. The molecule has 116 valence electrons. The molecule has 0 aliphatic heterocycles. The van der Waals surface area contributed by atoms with Gasteiger partial charge in [-0.05, 0) is 79.6 Å². The van der Waals surface area contributed by atoms with Crippen molar-refractivity contribution in [3.05, 3.63) is 57.6 Å². The number of hydrogen-bond acceptors (Lipinski definition) is 4. The number of aliphatic imine (C=N–C) groups is 2. The summed E-state index contributed by atoms with van der Waals surface area (Å²) in [7, 11) is 0. The quantitative estimate of drug-likeness (QED) is 0.619. The fraction of sp³-hybridized carbons (Fsp3) is 0.263. The molecule has 0 aliphatic carbocycles. The topological polar surface area (TPSA) is 58.9 Å². The Kier molecular flexibility index (Phi) is 5.02. The summed E-state index contributed by atoms with van der Waals surface area (Å²) in [4.78, 5) is 28.4. The van der Waals surface area contributed by atoms with E-state index < -0.39 is 0 Å². The van der Waals surface area contributed by atoms with Crippen LogP contribution < -0.4 is 0 Å². The molecular formula is C19H18N2O2. The predicted octanol–water partition coefficient (Wildman–Crippen LogP) is 4.45. The average molecular weight is 306 g/mol. The molecule has 0 saturated carbocycles. The second-order valence-electron chi connectivity index (χ2n) is 5.71. The van der Waals surface area contributed by atoms with Gasteiger partial charge in [-0.25, -0.2) is 9.59 Å². The van der Waals surface area contributed by atoms with E-state index in [4.69, 9.17) is 0 Å². The molecule has 0 atom stereocenters. The van der Waals surface area contributed by atoms with Crippen LogP contribution in [-0.4, -0.2) is 12.2 Å². The van der Waals surface area contributed by atoms with Crippen LogP contribution in [0.15, 0.2) is 34.3 Å². The molecule has 2 aromatic carbocycles. The van der Waals surface area contributed by atoms with Crippen LogP contribution in [0.25, 0.3) is 0 Å². The molecule has 0 N–H and O–H groups in total. The Morgan fingerprint density at radius 1 is 0.696 bits per heavy atom. The lowest BCUT2D eigenvalue weighted by Gasteiger charge is -2.13. The van der Waals surface area contributed by atoms with E-state index >= 15 is 0 Å². The summed E-state index contributed by atoms with van der Waals surface area (Å²) in [5.41, 5.74) is 7.74. The molecule has 4 nitrogen and oxygen atoms in total. The van der Waals surface area contributed by atoms with Gasteiger partial charge < -0.3 is 0 Å². The van der Waals surface area contributed by atoms with Gasteiger partial charge in [-0.2, -0.15) is 9.98 Å². The molecule has 0 unspecified atom stereocenters. The van der Waals surface area contributed by atoms with Gasteiger partial charge >= 0.3 is 0 Å². The Morgan fingerprint density at radius 2 is 1.09 bits per heavy atom. The maximum Gasteiger partial charge on any atom is 0.240 e. The minimum Gasteiger partial charge on any atom is -0.211 e. The van der Waals surface area contributed by atoms with Gasteiger partial charge in [0, 0.05) is 0 Å². The summed E-state index contributed by atoms with van der Waals surface area (Å²) < 4.78 is 0. The van der Waals surface area contributed by atoms with Gasteiger partial charge in [0.1, 0.15) is 0 Å². The van der Waals surface area contributed by atoms with Crippen molar-refractivity contribution in [1.29, 1.82) is 0 Å². The lowest BCUT2D eigenvalue weighted by Crippen LogP contribution is -1.97. The Bertz CT molecular complexity index is 785. The highest BCUT2D eigenvalue weighted by atomic mass is 16.1. The predicted molar refractivity (Wildman–Crippen MR) is 90.2 cm³/mol. The van der Waals surface area contributed by atoms with Crippen LogP contribution in [0.2, 0.25) is 0 Å². The van der Waals surface area contributed by atoms with E-state index in [0.717, 1.165) is 28.7 Å². The number of nitrogens with zero attached hydrogens (tertiary/aromatic N) is 2. The number of isocyanates is 2. The van der Waals surface area contributed by atoms with Crippen molar-refractivity contribution in [2.24, 2.45) is 9.98 Å². The zero-order valence-corrected chi connectivity index (χ0v) is 13.7. The first-order chi connectivity index (χ1) is 11.0. The normalized spacial score (nSPS) is 9.91. The molecule has 4 heteroatoms. The third kappa shape index (κ3) is 3.70. The van der Waals surface area contributed by atoms with Crippen LogP contribution in [0.3, 0.4) is 0 Å². The van der Waals surface area contributed by atoms with E-state index in [1.165, 1.54) is 11.1 Å². The smallest absolute Gasteiger partial charge is 0.211 e. The summed E-state index contributed by atoms with van der Waals surface area (Å²) in [6.07, 6.45) is 3.95. The average Bonchev–Trinajstić information content (AvgIpc) is 2.49. The van der Waals surface area contributed by atoms with Crippen LogP contribution in [0.5, 0.6) is 0 Å². The number of hydrogen-bond donors (Lipinski definition) is 0. The molecule has 23 heavy (non-hydrogen) atoms. The van der Waals surface area contributed by atoms with Crippen LogP contribution in [0.4, 0.5) is 11.4 Å². The minimum atomic E-state index is 0.657. The third-order valence-corrected chi connectivity index (χ3v) is 4.02. The summed E-state index contributed by atoms with van der Waals surface area (Å²) in [6, 6.07) is 7.92. The molecule has 2 rings (SSSR count). The Labute approximate surface area is 135 Å². The van der Waals surface area contributed by atoms with Gasteiger partial charge in [-0.1, -0.05) is 12.1 Å². The van der Waals surface area contributed by atoms with Crippen molar-refractivity contribution >= 4 is 23.5 Å². The molecule has 0 radical (unpaired) electrons. The van der Waals surface area contributed by atoms with Gasteiger partial charge in [0.15, 0.2) is 0 Å². The zero-order valence-electron chi connectivity index (χ0n) is 13.7. The highest BCUT2D eigenvalue weighted by molar-refractivity contribution is 5.59. The molecule has 0 bridgehead atoms. The second kappa shape index (κ2) is 6.97. The van der Waals surface area contributed by atoms with Gasteiger partial charge in [0.2, 0.25) is 12.2 Å². The third-order valence-electron chi connectivity index (χ3n) is 4.02. The van der Waals surface area contributed by atoms with Crippen LogP contribution >= 0.6 is 0 Å². The molecule has 0 heterocycles. The summed E-state index contributed by atoms with van der Waals surface area (Å²) >= 11 is 0. The Hall–Kier alpha value is -2.80. The highest BCUT2D eigenvalue weighted by Crippen LogP contribution is 2.28. The van der Waals surface area contributed by atoms with Crippen molar-refractivity contribution in [3.63, 3.8) is 0 Å². The van der Waals surface area contributed by atoms with Crippen molar-refractivity contribution in [3.8, 4) is 0 Å². The number of carbonyl (C=O) groups excluding carboxylic acids is 2. The van der Waals surface area contributed by atoms with E-state index in [-0.39, 0.29) is 0 Å². The summed E-state index contributed by atoms with van der Waals surface area (Å²) in [5, 5.41) is 0. The lowest BCUT2D eigenvalue weighted by atomic mass is 9.94. The molecular weight excluding hydrogens is 288 g/mol. The summed E-state index contributed by atoms with van der Waals surface area (Å²) in [6.45, 7) is 7.87. The standard InChI is InChI=1S/C19H18N2O2/c1-12-7-18(20-10-22)14(3)5-16(12)9-17-6-15(4)19(21-11-23)8-13(17)2/h5-8H,9H2,1-4H3. The van der Waals surface area contributed by atoms with E-state index in [1.54, 1.807) is 12.2 Å². The van der Waals surface area contributed by atoms with E-state index in [9.17, 15) is 9.59 Å². The Morgan fingerprint density at radius 3 is 1.43 bits per heavy atom. The molecule has 0 spiro atoms. The van der Waals surface area contributed by atoms with Crippen LogP contribution in [0.1, 0.15) is 33.4 Å². The van der Waals surface area contributed by atoms with Gasteiger partial charge in [-0.15, -0.1) is 0 Å². The second-order valence-corrected chi connectivity index (χ2v) is 5.71. The van der Waals surface area contributed by atoms with Crippen molar-refractivity contribution < 1.29 is 9.59 Å². The number of rotatable bonds is 4. The van der Waals surface area contributed by atoms with Crippen LogP contribution in [-0.2, 0) is 16.0 Å². The number of aryl methyl sites for hydroxylation is 4. The largest absolute Gasteiger partial charge is 0.240 e. The maximum atomic E-state index is 10.5. The van der Waals surface area contributed by atoms with Crippen molar-refractivity contribution in [2.75, 3.05) is 0 Å². The lowest BCUT2D eigenvalue weighted by molar-refractivity contribution is 0.564. The van der Waals surface area contributed by atoms with E-state index in [1.807, 2.05) is 39.8 Å². The number of benzene rings is 2. The highest BCUT2D eigenvalue weighted by Gasteiger charge is 2.09. The van der Waals surface area contributed by atoms with Crippen molar-refractivity contribution in [2.45, 2.75) is 34.1 Å². The maximum absolute atomic E-state index is 10.5. The van der Waals surface area contributed by atoms with E-state index in [2.05, 4.69) is 22.1 Å². The first-order valence-corrected chi connectivity index (χ1v) is 7.32.